The number of piperidine rings is 1. The van der Waals surface area contributed by atoms with Crippen molar-refractivity contribution < 1.29 is 14.7 Å². The van der Waals surface area contributed by atoms with E-state index in [4.69, 9.17) is 5.11 Å². The van der Waals surface area contributed by atoms with Crippen LogP contribution in [-0.4, -0.2) is 65.7 Å². The van der Waals surface area contributed by atoms with Gasteiger partial charge in [0.05, 0.1) is 0 Å². The van der Waals surface area contributed by atoms with Crippen molar-refractivity contribution in [1.29, 1.82) is 0 Å². The summed E-state index contributed by atoms with van der Waals surface area (Å²) < 4.78 is 0. The Kier molecular flexibility index (Phi) is 5.85. The summed E-state index contributed by atoms with van der Waals surface area (Å²) in [4.78, 5) is 27.4. The van der Waals surface area contributed by atoms with Gasteiger partial charge in [-0.25, -0.2) is 4.79 Å². The van der Waals surface area contributed by atoms with Gasteiger partial charge in [0.1, 0.15) is 0 Å². The van der Waals surface area contributed by atoms with E-state index >= 15 is 0 Å². The van der Waals surface area contributed by atoms with Crippen LogP contribution in [0.4, 0.5) is 4.79 Å². The van der Waals surface area contributed by atoms with E-state index in [0.29, 0.717) is 19.1 Å². The molecule has 0 radical (unpaired) electrons. The van der Waals surface area contributed by atoms with Crippen molar-refractivity contribution in [2.75, 3.05) is 32.7 Å². The summed E-state index contributed by atoms with van der Waals surface area (Å²) in [5, 5.41) is 12.2. The second-order valence-corrected chi connectivity index (χ2v) is 6.16. The Labute approximate surface area is 126 Å². The van der Waals surface area contributed by atoms with Crippen molar-refractivity contribution in [2.45, 2.75) is 45.1 Å². The van der Waals surface area contributed by atoms with Gasteiger partial charge in [0.2, 0.25) is 0 Å². The smallest absolute Gasteiger partial charge is 0.320 e. The predicted octanol–water partition coefficient (Wildman–Crippen LogP) is 1.37. The monoisotopic (exact) mass is 297 g/mol. The standard InChI is InChI=1S/C15H27N3O3/c1-2-8-18(13-3-6-16-7-4-13)15(21)17-9-5-12(11-17)10-14(19)20/h12-13,16H,2-11H2,1H3,(H,19,20). The summed E-state index contributed by atoms with van der Waals surface area (Å²) in [6.07, 6.45) is 3.97. The number of carboxylic acid groups (broad SMARTS) is 1. The molecule has 2 rings (SSSR count). The molecule has 2 saturated heterocycles. The molecule has 2 aliphatic rings. The summed E-state index contributed by atoms with van der Waals surface area (Å²) in [7, 11) is 0. The van der Waals surface area contributed by atoms with E-state index in [9.17, 15) is 9.59 Å². The summed E-state index contributed by atoms with van der Waals surface area (Å²) in [6, 6.07) is 0.439. The van der Waals surface area contributed by atoms with Gasteiger partial charge in [-0.15, -0.1) is 0 Å². The highest BCUT2D eigenvalue weighted by Gasteiger charge is 2.33. The minimum absolute atomic E-state index is 0.108. The van der Waals surface area contributed by atoms with Crippen LogP contribution in [0, 0.1) is 5.92 Å². The molecule has 21 heavy (non-hydrogen) atoms. The topological polar surface area (TPSA) is 72.9 Å². The number of amides is 2. The molecule has 2 fully saturated rings. The van der Waals surface area contributed by atoms with Crippen LogP contribution in [0.2, 0.25) is 0 Å². The molecular weight excluding hydrogens is 270 g/mol. The maximum atomic E-state index is 12.8. The number of nitrogens with zero attached hydrogens (tertiary/aromatic N) is 2. The Balaban J connectivity index is 1.93. The molecule has 0 aromatic rings. The molecule has 0 saturated carbocycles. The molecule has 2 heterocycles. The molecule has 2 N–H and O–H groups in total. The number of rotatable bonds is 5. The molecule has 0 aliphatic carbocycles. The normalized spacial score (nSPS) is 23.3. The van der Waals surface area contributed by atoms with Gasteiger partial charge < -0.3 is 20.2 Å². The van der Waals surface area contributed by atoms with Gasteiger partial charge in [-0.05, 0) is 44.7 Å². The van der Waals surface area contributed by atoms with Gasteiger partial charge in [-0.1, -0.05) is 6.92 Å². The van der Waals surface area contributed by atoms with Gasteiger partial charge in [0, 0.05) is 32.1 Å². The van der Waals surface area contributed by atoms with Crippen LogP contribution < -0.4 is 5.32 Å². The Morgan fingerprint density at radius 2 is 2.00 bits per heavy atom. The summed E-state index contributed by atoms with van der Waals surface area (Å²) >= 11 is 0. The molecule has 6 heteroatoms. The first-order chi connectivity index (χ1) is 10.1. The van der Waals surface area contributed by atoms with E-state index in [1.807, 2.05) is 9.80 Å². The van der Waals surface area contributed by atoms with Crippen molar-refractivity contribution in [1.82, 2.24) is 15.1 Å². The predicted molar refractivity (Wildman–Crippen MR) is 80.2 cm³/mol. The molecule has 1 unspecified atom stereocenters. The minimum atomic E-state index is -0.766. The Morgan fingerprint density at radius 1 is 1.29 bits per heavy atom. The summed E-state index contributed by atoms with van der Waals surface area (Å²) in [5.41, 5.74) is 0. The second-order valence-electron chi connectivity index (χ2n) is 6.16. The van der Waals surface area contributed by atoms with Crippen molar-refractivity contribution in [3.63, 3.8) is 0 Å². The summed E-state index contributed by atoms with van der Waals surface area (Å²) in [5.74, 6) is -0.652. The Morgan fingerprint density at radius 3 is 2.62 bits per heavy atom. The van der Waals surface area contributed by atoms with E-state index in [2.05, 4.69) is 12.2 Å². The third kappa shape index (κ3) is 4.33. The van der Waals surface area contributed by atoms with E-state index in [1.165, 1.54) is 0 Å². The molecule has 6 nitrogen and oxygen atoms in total. The molecule has 0 spiro atoms. The lowest BCUT2D eigenvalue weighted by Crippen LogP contribution is -2.51. The minimum Gasteiger partial charge on any atom is -0.481 e. The molecular formula is C15H27N3O3. The van der Waals surface area contributed by atoms with Crippen LogP contribution >= 0.6 is 0 Å². The van der Waals surface area contributed by atoms with Gasteiger partial charge in [0.15, 0.2) is 0 Å². The second kappa shape index (κ2) is 7.64. The highest BCUT2D eigenvalue weighted by Crippen LogP contribution is 2.23. The first-order valence-corrected chi connectivity index (χ1v) is 8.09. The number of carbonyl (C=O) groups is 2. The lowest BCUT2D eigenvalue weighted by molar-refractivity contribution is -0.138. The number of hydrogen-bond donors (Lipinski definition) is 2. The number of carbonyl (C=O) groups excluding carboxylic acids is 1. The van der Waals surface area contributed by atoms with Crippen LogP contribution in [0.15, 0.2) is 0 Å². The first-order valence-electron chi connectivity index (χ1n) is 8.09. The Bertz CT molecular complexity index is 369. The molecule has 2 aliphatic heterocycles. The first kappa shape index (κ1) is 16.1. The highest BCUT2D eigenvalue weighted by atomic mass is 16.4. The average molecular weight is 297 g/mol. The lowest BCUT2D eigenvalue weighted by atomic mass is 10.0. The molecule has 0 aromatic carbocycles. The van der Waals surface area contributed by atoms with Crippen molar-refractivity contribution in [2.24, 2.45) is 5.92 Å². The van der Waals surface area contributed by atoms with Crippen LogP contribution in [-0.2, 0) is 4.79 Å². The maximum Gasteiger partial charge on any atom is 0.320 e. The average Bonchev–Trinajstić information content (AvgIpc) is 2.92. The molecule has 0 aromatic heterocycles. The number of urea groups is 1. The molecule has 1 atom stereocenters. The van der Waals surface area contributed by atoms with Crippen LogP contribution in [0.3, 0.4) is 0 Å². The quantitative estimate of drug-likeness (QED) is 0.804. The number of carboxylic acids is 1. The molecule has 0 bridgehead atoms. The number of hydrogen-bond acceptors (Lipinski definition) is 3. The fourth-order valence-electron chi connectivity index (χ4n) is 3.40. The van der Waals surface area contributed by atoms with Crippen LogP contribution in [0.5, 0.6) is 0 Å². The van der Waals surface area contributed by atoms with Crippen molar-refractivity contribution in [3.05, 3.63) is 0 Å². The largest absolute Gasteiger partial charge is 0.481 e. The summed E-state index contributed by atoms with van der Waals surface area (Å²) in [6.45, 7) is 6.13. The van der Waals surface area contributed by atoms with Crippen molar-refractivity contribution >= 4 is 12.0 Å². The van der Waals surface area contributed by atoms with Crippen molar-refractivity contribution in [3.8, 4) is 0 Å². The third-order valence-corrected chi connectivity index (χ3v) is 4.48. The van der Waals surface area contributed by atoms with E-state index in [-0.39, 0.29) is 18.4 Å². The fraction of sp³-hybridized carbons (Fsp3) is 0.867. The van der Waals surface area contributed by atoms with Gasteiger partial charge in [0.25, 0.3) is 0 Å². The Hall–Kier alpha value is -1.30. The van der Waals surface area contributed by atoms with Gasteiger partial charge in [-0.3, -0.25) is 4.79 Å². The van der Waals surface area contributed by atoms with E-state index < -0.39 is 5.97 Å². The SMILES string of the molecule is CCCN(C(=O)N1CCC(CC(=O)O)C1)C1CCNCC1. The zero-order valence-electron chi connectivity index (χ0n) is 12.9. The highest BCUT2D eigenvalue weighted by molar-refractivity contribution is 5.75. The lowest BCUT2D eigenvalue weighted by Gasteiger charge is -2.37. The van der Waals surface area contributed by atoms with Crippen LogP contribution in [0.1, 0.15) is 39.0 Å². The van der Waals surface area contributed by atoms with E-state index in [0.717, 1.165) is 45.3 Å². The number of aliphatic carboxylic acids is 1. The maximum absolute atomic E-state index is 12.8. The zero-order chi connectivity index (χ0) is 15.2. The van der Waals surface area contributed by atoms with Crippen LogP contribution in [0.25, 0.3) is 0 Å². The third-order valence-electron chi connectivity index (χ3n) is 4.48. The molecule has 2 amide bonds. The van der Waals surface area contributed by atoms with Gasteiger partial charge in [-0.2, -0.15) is 0 Å². The zero-order valence-corrected chi connectivity index (χ0v) is 12.9. The fourth-order valence-corrected chi connectivity index (χ4v) is 3.40. The molecule has 120 valence electrons. The van der Waals surface area contributed by atoms with E-state index in [1.54, 1.807) is 0 Å². The van der Waals surface area contributed by atoms with Gasteiger partial charge >= 0.3 is 12.0 Å². The number of likely N-dealkylation sites (tertiary alicyclic amines) is 1. The number of nitrogens with one attached hydrogen (secondary N) is 1.